The highest BCUT2D eigenvalue weighted by atomic mass is 127. The van der Waals surface area contributed by atoms with E-state index in [2.05, 4.69) is 521 Å². The van der Waals surface area contributed by atoms with Gasteiger partial charge in [0.05, 0.1) is 12.7 Å². The summed E-state index contributed by atoms with van der Waals surface area (Å²) in [4.78, 5) is 32.6. The van der Waals surface area contributed by atoms with Crippen LogP contribution >= 0.6 is 30.1 Å². The molecule has 0 unspecified atom stereocenters. The number of ether oxygens (including phenoxy) is 1. The fourth-order valence-electron chi connectivity index (χ4n) is 23.5. The Kier molecular flexibility index (Phi) is 35.5. The monoisotopic (exact) mass is 2100 g/mol. The number of hydrogen-bond acceptors (Lipinski definition) is 4. The van der Waals surface area contributed by atoms with Crippen molar-refractivity contribution >= 4 is 42.0 Å². The summed E-state index contributed by atoms with van der Waals surface area (Å²) < 4.78 is 5.76. The summed E-state index contributed by atoms with van der Waals surface area (Å²) in [7, 11) is 2.91. The average molecular weight is 2100 g/mol. The van der Waals surface area contributed by atoms with Crippen molar-refractivity contribution < 1.29 is 14.3 Å². The predicted molar refractivity (Wildman–Crippen MR) is 658 cm³/mol. The highest BCUT2D eigenvalue weighted by Gasteiger charge is 2.34. The number of amides is 1. The summed E-state index contributed by atoms with van der Waals surface area (Å²) >= 11 is 2.26. The Bertz CT molecular complexity index is 6700. The summed E-state index contributed by atoms with van der Waals surface area (Å²) in [6.45, 7) is 75.0. The Labute approximate surface area is 912 Å². The van der Waals surface area contributed by atoms with E-state index >= 15 is 4.79 Å². The highest BCUT2D eigenvalue weighted by Crippen LogP contribution is 2.54. The van der Waals surface area contributed by atoms with Gasteiger partial charge in [-0.2, -0.15) is 0 Å². The minimum Gasteiger partial charge on any atom is -0.467 e. The molecule has 15 rings (SSSR count). The van der Waals surface area contributed by atoms with Crippen LogP contribution in [0.1, 0.15) is 416 Å². The number of nitrogens with one attached hydrogen (secondary N) is 1. The van der Waals surface area contributed by atoms with Crippen molar-refractivity contribution in [3.8, 4) is 156 Å². The van der Waals surface area contributed by atoms with Crippen LogP contribution in [-0.4, -0.2) is 30.8 Å². The zero-order valence-corrected chi connectivity index (χ0v) is 98.5. The molecule has 1 atom stereocenters. The summed E-state index contributed by atoms with van der Waals surface area (Å²) in [6.07, 6.45) is 0. The lowest BCUT2D eigenvalue weighted by Gasteiger charge is -2.26. The molecule has 4 nitrogen and oxygen atoms in total. The molecule has 772 valence electrons. The van der Waals surface area contributed by atoms with Crippen LogP contribution in [0.5, 0.6) is 0 Å². The number of rotatable bonds is 35. The van der Waals surface area contributed by atoms with Crippen LogP contribution in [0, 0.1) is 0 Å². The maximum Gasteiger partial charge on any atom is 0.329 e. The molecule has 0 fully saturated rings. The van der Waals surface area contributed by atoms with Gasteiger partial charge in [-0.3, -0.25) is 4.79 Å². The molecule has 0 saturated heterocycles. The first kappa shape index (κ1) is 111. The van der Waals surface area contributed by atoms with Crippen molar-refractivity contribution in [3.63, 3.8) is 0 Å². The van der Waals surface area contributed by atoms with Crippen molar-refractivity contribution in [1.29, 1.82) is 0 Å². The van der Waals surface area contributed by atoms with Gasteiger partial charge >= 0.3 is 5.97 Å². The van der Waals surface area contributed by atoms with Crippen molar-refractivity contribution in [2.75, 3.05) is 12.9 Å². The lowest BCUT2D eigenvalue weighted by Crippen LogP contribution is -2.43. The molecule has 15 aromatic rings. The third-order valence-electron chi connectivity index (χ3n) is 31.2. The van der Waals surface area contributed by atoms with Crippen LogP contribution in [0.25, 0.3) is 156 Å². The van der Waals surface area contributed by atoms with E-state index in [9.17, 15) is 4.79 Å². The smallest absolute Gasteiger partial charge is 0.329 e. The van der Waals surface area contributed by atoms with E-state index in [1.807, 2.05) is 0 Å². The Morgan fingerprint density at radius 1 is 0.208 bits per heavy atom. The quantitative estimate of drug-likeness (QED) is 0.0318. The molecule has 0 spiro atoms. The van der Waals surface area contributed by atoms with Crippen LogP contribution in [0.3, 0.4) is 0 Å². The van der Waals surface area contributed by atoms with Crippen LogP contribution in [-0.2, 0) is 9.53 Å². The Morgan fingerprint density at radius 2 is 0.356 bits per heavy atom. The Balaban J connectivity index is 1.17. The Morgan fingerprint density at radius 3 is 0.544 bits per heavy atom. The number of benzene rings is 15. The molecule has 0 aromatic heterocycles. The molecule has 0 radical (unpaired) electrons. The van der Waals surface area contributed by atoms with Crippen molar-refractivity contribution in [1.82, 2.24) is 5.32 Å². The standard InChI is InChI=1S/C143H164INO3S/c1-80(2)114-45-35-46-115(81(3)4)133(114)106-65-101(66-107(73-106)134-116(82(5)6)47-36-48-117(134)83(7)8)99-62-98(63-100(64-99)102-67-108(135-118(84(9)10)49-37-50-119(135)85(11)12)74-109(68-102)136-120(86(13)14)51-38-52-121(136)87(15)16)96-43-34-44-97(61-96)130-77-104(103-69-110(137-122(88(17)18)53-39-54-123(137)89(19)20)75-111(70-103)138-124(90(21)22)55-40-56-125(138)91(23)24)78-131(141(130)142(146)145-132(79-149-144)143(147)148-33)105-71-112(139-126(92(25)26)57-41-58-127(139)93(27)28)76-113(72-105)140-128(94(29)30)59-42-60-129(140)95(31)32/h34-78,80-95,132H,79H2,1-33H3,(H,145,146)/t132-/m0/s1. The number of esters is 1. The minimum atomic E-state index is -1.02. The van der Waals surface area contributed by atoms with Gasteiger partial charge in [0.2, 0.25) is 0 Å². The maximum absolute atomic E-state index is 17.8. The van der Waals surface area contributed by atoms with Gasteiger partial charge in [0, 0.05) is 5.75 Å². The molecule has 0 saturated carbocycles. The first-order chi connectivity index (χ1) is 70.9. The zero-order valence-electron chi connectivity index (χ0n) is 95.5. The molecule has 0 aliphatic heterocycles. The van der Waals surface area contributed by atoms with Crippen LogP contribution < -0.4 is 5.32 Å². The van der Waals surface area contributed by atoms with Crippen LogP contribution in [0.2, 0.25) is 0 Å². The van der Waals surface area contributed by atoms with E-state index in [1.54, 1.807) is 0 Å². The van der Waals surface area contributed by atoms with Gasteiger partial charge in [-0.05, 0) is 470 Å². The number of methoxy groups -OCH3 is 1. The summed E-state index contributed by atoms with van der Waals surface area (Å²) in [5, 5.41) is 3.48. The number of halogens is 1. The summed E-state index contributed by atoms with van der Waals surface area (Å²) in [5.74, 6) is 2.56. The van der Waals surface area contributed by atoms with Crippen LogP contribution in [0.4, 0.5) is 0 Å². The molecule has 6 heteroatoms. The predicted octanol–water partition coefficient (Wildman–Crippen LogP) is 43.4. The first-order valence-corrected chi connectivity index (χ1v) is 59.2. The van der Waals surface area contributed by atoms with Gasteiger partial charge in [-0.1, -0.05) is 394 Å². The third kappa shape index (κ3) is 23.5. The molecular weight excluding hydrogens is 1940 g/mol. The van der Waals surface area contributed by atoms with Crippen molar-refractivity contribution in [2.24, 2.45) is 0 Å². The second-order valence-corrected chi connectivity index (χ2v) is 49.7. The average Bonchev–Trinajstić information content (AvgIpc) is 0.739. The fourth-order valence-corrected chi connectivity index (χ4v) is 24.9. The van der Waals surface area contributed by atoms with E-state index in [-0.39, 0.29) is 106 Å². The second-order valence-electron chi connectivity index (χ2n) is 47.3. The van der Waals surface area contributed by atoms with Gasteiger partial charge in [-0.25, -0.2) is 4.79 Å². The van der Waals surface area contributed by atoms with Crippen molar-refractivity contribution in [3.05, 3.63) is 368 Å². The van der Waals surface area contributed by atoms with Gasteiger partial charge in [0.15, 0.2) is 0 Å². The molecule has 1 N–H and O–H groups in total. The fraction of sp³-hybridized carbons (Fsp3) is 0.357. The molecule has 149 heavy (non-hydrogen) atoms. The Hall–Kier alpha value is -11.7. The van der Waals surface area contributed by atoms with Gasteiger partial charge in [-0.15, -0.1) is 0 Å². The number of carbonyl (C=O) groups is 2. The summed E-state index contributed by atoms with van der Waals surface area (Å²) in [5.41, 5.74) is 52.0. The lowest BCUT2D eigenvalue weighted by atomic mass is 9.79. The second kappa shape index (κ2) is 47.5. The van der Waals surface area contributed by atoms with E-state index in [1.165, 1.54) is 172 Å². The molecule has 0 bridgehead atoms. The number of carbonyl (C=O) groups excluding carboxylic acids is 2. The molecular formula is C143H164INO3S. The van der Waals surface area contributed by atoms with E-state index in [0.717, 1.165) is 83.5 Å². The molecule has 15 aromatic carbocycles. The molecule has 0 heterocycles. The third-order valence-corrected chi connectivity index (χ3v) is 32.7. The van der Waals surface area contributed by atoms with Gasteiger partial charge in [0.1, 0.15) is 6.04 Å². The molecule has 1 amide bonds. The van der Waals surface area contributed by atoms with Crippen LogP contribution in [0.15, 0.2) is 273 Å². The van der Waals surface area contributed by atoms with Gasteiger partial charge in [0.25, 0.3) is 5.91 Å². The van der Waals surface area contributed by atoms with E-state index in [4.69, 9.17) is 4.74 Å². The topological polar surface area (TPSA) is 55.4 Å². The largest absolute Gasteiger partial charge is 0.467 e. The maximum atomic E-state index is 17.8. The van der Waals surface area contributed by atoms with E-state index in [0.29, 0.717) is 11.1 Å². The zero-order chi connectivity index (χ0) is 108. The SMILES string of the molecule is COC(=O)[C@H](CSI)NC(=O)c1c(-c2cccc(-c3cc(-c4cc(-c5c(C(C)C)cccc5C(C)C)cc(-c5c(C(C)C)cccc5C(C)C)c4)cc(-c4cc(-c5c(C(C)C)cccc5C(C)C)cc(-c5c(C(C)C)cccc5C(C)C)c4)c3)c2)cc(-c2cc(-c3c(C(C)C)cccc3C(C)C)cc(-c3c(C(C)C)cccc3C(C)C)c2)cc1-c1cc(-c2c(C(C)C)cccc2C(C)C)cc(-c2c(C(C)C)cccc2C(C)C)c1. The number of hydrogen-bond donors (Lipinski definition) is 1. The molecule has 0 aliphatic rings. The van der Waals surface area contributed by atoms with E-state index < -0.39 is 12.0 Å². The van der Waals surface area contributed by atoms with Gasteiger partial charge < -0.3 is 10.1 Å². The lowest BCUT2D eigenvalue weighted by molar-refractivity contribution is -0.142. The summed E-state index contributed by atoms with van der Waals surface area (Å²) in [6, 6.07) is 106. The highest BCUT2D eigenvalue weighted by molar-refractivity contribution is 14.2. The van der Waals surface area contributed by atoms with Crippen molar-refractivity contribution in [2.45, 2.75) is 322 Å². The first-order valence-electron chi connectivity index (χ1n) is 55.6. The normalized spacial score (nSPS) is 12.3. The molecule has 0 aliphatic carbocycles. The minimum absolute atomic E-state index is 0.155.